The van der Waals surface area contributed by atoms with Crippen molar-refractivity contribution >= 4 is 11.7 Å². The van der Waals surface area contributed by atoms with Crippen LogP contribution in [0, 0.1) is 0 Å². The molecule has 0 spiro atoms. The quantitative estimate of drug-likeness (QED) is 0.622. The minimum Gasteiger partial charge on any atom is -0.489 e. The lowest BCUT2D eigenvalue weighted by Gasteiger charge is -2.25. The molecule has 1 aliphatic carbocycles. The van der Waals surface area contributed by atoms with Crippen LogP contribution in [0.4, 0.5) is 0 Å². The van der Waals surface area contributed by atoms with Gasteiger partial charge in [0.25, 0.3) is 5.91 Å². The number of ether oxygens (including phenoxy) is 1. The van der Waals surface area contributed by atoms with Crippen molar-refractivity contribution in [1.29, 1.82) is 0 Å². The molecular formula is C20H25NO3. The smallest absolute Gasteiger partial charge is 0.255 e. The van der Waals surface area contributed by atoms with Crippen LogP contribution in [0.15, 0.2) is 29.8 Å². The number of allylic oxidation sites excluding steroid dienone is 1. The van der Waals surface area contributed by atoms with E-state index in [0.717, 1.165) is 42.6 Å². The van der Waals surface area contributed by atoms with Gasteiger partial charge in [0.15, 0.2) is 5.78 Å². The Morgan fingerprint density at radius 2 is 2.12 bits per heavy atom. The zero-order chi connectivity index (χ0) is 17.1. The van der Waals surface area contributed by atoms with Crippen LogP contribution in [0.3, 0.4) is 0 Å². The fourth-order valence-electron chi connectivity index (χ4n) is 3.46. The van der Waals surface area contributed by atoms with Gasteiger partial charge in [-0.3, -0.25) is 9.59 Å². The van der Waals surface area contributed by atoms with Gasteiger partial charge in [-0.05, 0) is 44.4 Å². The van der Waals surface area contributed by atoms with Gasteiger partial charge in [0.1, 0.15) is 12.4 Å². The van der Waals surface area contributed by atoms with Crippen LogP contribution < -0.4 is 4.74 Å². The minimum absolute atomic E-state index is 0.0292. The van der Waals surface area contributed by atoms with Crippen LogP contribution in [0.2, 0.25) is 0 Å². The number of nitrogens with zero attached hydrogens (tertiary/aromatic N) is 1. The molecule has 128 valence electrons. The number of fused-ring (bicyclic) bond motifs is 1. The van der Waals surface area contributed by atoms with Crippen molar-refractivity contribution in [3.05, 3.63) is 41.0 Å². The summed E-state index contributed by atoms with van der Waals surface area (Å²) in [6, 6.07) is 5.34. The van der Waals surface area contributed by atoms with Crippen molar-refractivity contribution < 1.29 is 14.3 Å². The highest BCUT2D eigenvalue weighted by Gasteiger charge is 2.37. The summed E-state index contributed by atoms with van der Waals surface area (Å²) in [4.78, 5) is 27.0. The molecule has 0 radical (unpaired) electrons. The number of Topliss-reactive ketones (excluding diaryl/α,β-unsaturated/α-hetero) is 1. The highest BCUT2D eigenvalue weighted by atomic mass is 16.5. The summed E-state index contributed by atoms with van der Waals surface area (Å²) in [6.07, 6.45) is 6.43. The first-order chi connectivity index (χ1) is 11.6. The molecule has 1 atom stereocenters. The van der Waals surface area contributed by atoms with Crippen molar-refractivity contribution in [3.8, 4) is 5.75 Å². The Hall–Kier alpha value is -2.10. The fourth-order valence-corrected chi connectivity index (χ4v) is 3.46. The van der Waals surface area contributed by atoms with Crippen molar-refractivity contribution in [2.75, 3.05) is 6.61 Å². The second-order valence-electron chi connectivity index (χ2n) is 6.72. The summed E-state index contributed by atoms with van der Waals surface area (Å²) in [5.74, 6) is 0.935. The lowest BCUT2D eigenvalue weighted by atomic mass is 10.1. The van der Waals surface area contributed by atoms with E-state index in [1.807, 2.05) is 38.1 Å². The summed E-state index contributed by atoms with van der Waals surface area (Å²) in [5.41, 5.74) is 2.75. The van der Waals surface area contributed by atoms with E-state index in [-0.39, 0.29) is 17.7 Å². The normalized spacial score (nSPS) is 21.7. The van der Waals surface area contributed by atoms with Crippen molar-refractivity contribution in [2.24, 2.45) is 0 Å². The third-order valence-corrected chi connectivity index (χ3v) is 5.05. The second-order valence-corrected chi connectivity index (χ2v) is 6.72. The molecule has 0 saturated heterocycles. The third kappa shape index (κ3) is 3.23. The summed E-state index contributed by atoms with van der Waals surface area (Å²) in [6.45, 7) is 5.00. The molecule has 1 aromatic rings. The zero-order valence-corrected chi connectivity index (χ0v) is 14.5. The number of rotatable bonds is 4. The largest absolute Gasteiger partial charge is 0.489 e. The van der Waals surface area contributed by atoms with E-state index in [4.69, 9.17) is 4.74 Å². The van der Waals surface area contributed by atoms with Crippen LogP contribution in [0.1, 0.15) is 61.9 Å². The average Bonchev–Trinajstić information content (AvgIpc) is 2.78. The molecule has 0 aromatic heterocycles. The van der Waals surface area contributed by atoms with Gasteiger partial charge < -0.3 is 9.64 Å². The monoisotopic (exact) mass is 327 g/mol. The maximum atomic E-state index is 12.8. The molecule has 3 rings (SSSR count). The van der Waals surface area contributed by atoms with E-state index in [9.17, 15) is 9.59 Å². The topological polar surface area (TPSA) is 46.6 Å². The predicted molar refractivity (Wildman–Crippen MR) is 93.1 cm³/mol. The third-order valence-electron chi connectivity index (χ3n) is 5.05. The number of ketones is 1. The van der Waals surface area contributed by atoms with Crippen LogP contribution in [0.5, 0.6) is 5.75 Å². The zero-order valence-electron chi connectivity index (χ0n) is 14.5. The number of hydrogen-bond donors (Lipinski definition) is 0. The van der Waals surface area contributed by atoms with Gasteiger partial charge in [-0.1, -0.05) is 25.0 Å². The summed E-state index contributed by atoms with van der Waals surface area (Å²) < 4.78 is 5.90. The minimum atomic E-state index is -0.266. The summed E-state index contributed by atoms with van der Waals surface area (Å²) >= 11 is 0. The predicted octanol–water partition coefficient (Wildman–Crippen LogP) is 3.89. The van der Waals surface area contributed by atoms with Gasteiger partial charge in [0.05, 0.1) is 12.6 Å². The SMILES string of the molecule is C/C=C(\C)COc1cccc2c1CN([C@H]1CCCCCC1=O)C2=O. The number of benzene rings is 1. The number of amides is 1. The van der Waals surface area contributed by atoms with Crippen molar-refractivity contribution in [3.63, 3.8) is 0 Å². The van der Waals surface area contributed by atoms with Gasteiger partial charge >= 0.3 is 0 Å². The van der Waals surface area contributed by atoms with Crippen LogP contribution in [0.25, 0.3) is 0 Å². The Morgan fingerprint density at radius 3 is 2.92 bits per heavy atom. The van der Waals surface area contributed by atoms with Gasteiger partial charge in [0, 0.05) is 17.5 Å². The highest BCUT2D eigenvalue weighted by Crippen LogP contribution is 2.34. The first-order valence-electron chi connectivity index (χ1n) is 8.82. The molecular weight excluding hydrogens is 302 g/mol. The van der Waals surface area contributed by atoms with E-state index in [0.29, 0.717) is 25.1 Å². The van der Waals surface area contributed by atoms with E-state index in [1.165, 1.54) is 0 Å². The molecule has 1 heterocycles. The maximum Gasteiger partial charge on any atom is 0.255 e. The summed E-state index contributed by atoms with van der Waals surface area (Å²) in [5, 5.41) is 0. The summed E-state index contributed by atoms with van der Waals surface area (Å²) in [7, 11) is 0. The van der Waals surface area contributed by atoms with Crippen molar-refractivity contribution in [1.82, 2.24) is 4.90 Å². The lowest BCUT2D eigenvalue weighted by Crippen LogP contribution is -2.40. The van der Waals surface area contributed by atoms with E-state index >= 15 is 0 Å². The lowest BCUT2D eigenvalue weighted by molar-refractivity contribution is -0.123. The Bertz CT molecular complexity index is 677. The fraction of sp³-hybridized carbons (Fsp3) is 0.500. The number of carbonyl (C=O) groups is 2. The standard InChI is InChI=1S/C20H25NO3/c1-3-14(2)13-24-19-11-7-8-15-16(19)12-21(20(15)23)17-9-5-4-6-10-18(17)22/h3,7-8,11,17H,4-6,9-10,12-13H2,1-2H3/b14-3+/t17-/m0/s1. The molecule has 0 N–H and O–H groups in total. The molecule has 1 saturated carbocycles. The molecule has 4 heteroatoms. The van der Waals surface area contributed by atoms with E-state index < -0.39 is 0 Å². The number of hydrogen-bond acceptors (Lipinski definition) is 3. The van der Waals surface area contributed by atoms with Gasteiger partial charge in [-0.2, -0.15) is 0 Å². The molecule has 0 bridgehead atoms. The first kappa shape index (κ1) is 16.7. The second kappa shape index (κ2) is 7.20. The molecule has 4 nitrogen and oxygen atoms in total. The van der Waals surface area contributed by atoms with Crippen LogP contribution >= 0.6 is 0 Å². The Balaban J connectivity index is 1.82. The van der Waals surface area contributed by atoms with E-state index in [1.54, 1.807) is 4.90 Å². The molecule has 1 amide bonds. The van der Waals surface area contributed by atoms with E-state index in [2.05, 4.69) is 0 Å². The molecule has 1 aliphatic heterocycles. The average molecular weight is 327 g/mol. The van der Waals surface area contributed by atoms with Crippen LogP contribution in [-0.4, -0.2) is 29.2 Å². The Labute approximate surface area is 143 Å². The molecule has 24 heavy (non-hydrogen) atoms. The van der Waals surface area contributed by atoms with Crippen LogP contribution in [-0.2, 0) is 11.3 Å². The maximum absolute atomic E-state index is 12.8. The molecule has 2 aliphatic rings. The Morgan fingerprint density at radius 1 is 1.29 bits per heavy atom. The van der Waals surface area contributed by atoms with Gasteiger partial charge in [-0.15, -0.1) is 0 Å². The molecule has 1 fully saturated rings. The molecule has 0 unspecified atom stereocenters. The first-order valence-corrected chi connectivity index (χ1v) is 8.82. The van der Waals surface area contributed by atoms with Gasteiger partial charge in [0.2, 0.25) is 0 Å². The number of carbonyl (C=O) groups excluding carboxylic acids is 2. The van der Waals surface area contributed by atoms with Gasteiger partial charge in [-0.25, -0.2) is 0 Å². The van der Waals surface area contributed by atoms with Crippen molar-refractivity contribution in [2.45, 2.75) is 58.5 Å². The highest BCUT2D eigenvalue weighted by molar-refractivity contribution is 6.02. The Kier molecular flexibility index (Phi) is 5.03. The molecule has 1 aromatic carbocycles.